The molecule has 3 N–H and O–H groups in total. The van der Waals surface area contributed by atoms with Crippen molar-refractivity contribution < 1.29 is 9.94 Å². The van der Waals surface area contributed by atoms with Gasteiger partial charge in [0, 0.05) is 0 Å². The van der Waals surface area contributed by atoms with Crippen LogP contribution < -0.4 is 5.73 Å². The van der Waals surface area contributed by atoms with Gasteiger partial charge in [-0.15, -0.1) is 0 Å². The first-order valence-corrected chi connectivity index (χ1v) is 4.40. The minimum atomic E-state index is -0.208. The maximum Gasteiger partial charge on any atom is 0.168 e. The topological polar surface area (TPSA) is 67.8 Å². The predicted octanol–water partition coefficient (Wildman–Crippen LogP) is 1.08. The van der Waals surface area contributed by atoms with E-state index in [9.17, 15) is 0 Å². The van der Waals surface area contributed by atoms with Crippen LogP contribution in [0.1, 0.15) is 32.6 Å². The fourth-order valence-electron chi connectivity index (χ4n) is 1.18. The fourth-order valence-corrected chi connectivity index (χ4v) is 1.18. The van der Waals surface area contributed by atoms with E-state index >= 15 is 0 Å². The van der Waals surface area contributed by atoms with E-state index in [-0.39, 0.29) is 11.9 Å². The molecule has 0 spiro atoms. The van der Waals surface area contributed by atoms with E-state index in [4.69, 9.17) is 15.7 Å². The summed E-state index contributed by atoms with van der Waals surface area (Å²) in [7, 11) is 0. The molecule has 0 aromatic heterocycles. The molecular weight excluding hydrogens is 156 g/mol. The SMILES string of the molecule is CCC(OC1CCC1)C(N)=NO. The molecule has 1 rings (SSSR count). The lowest BCUT2D eigenvalue weighted by atomic mass is 9.96. The monoisotopic (exact) mass is 172 g/mol. The first-order chi connectivity index (χ1) is 5.77. The van der Waals surface area contributed by atoms with E-state index in [1.165, 1.54) is 6.42 Å². The number of nitrogens with two attached hydrogens (primary N) is 1. The van der Waals surface area contributed by atoms with Crippen LogP contribution in [0.15, 0.2) is 5.16 Å². The number of hydrogen-bond acceptors (Lipinski definition) is 3. The third-order valence-electron chi connectivity index (χ3n) is 2.23. The van der Waals surface area contributed by atoms with Crippen LogP contribution in [0, 0.1) is 0 Å². The van der Waals surface area contributed by atoms with Gasteiger partial charge in [0.25, 0.3) is 0 Å². The van der Waals surface area contributed by atoms with Crippen molar-refractivity contribution in [3.05, 3.63) is 0 Å². The van der Waals surface area contributed by atoms with Crippen LogP contribution in [0.3, 0.4) is 0 Å². The zero-order valence-corrected chi connectivity index (χ0v) is 7.36. The van der Waals surface area contributed by atoms with Crippen LogP contribution in [0.4, 0.5) is 0 Å². The average molecular weight is 172 g/mol. The van der Waals surface area contributed by atoms with Crippen LogP contribution in [0.5, 0.6) is 0 Å². The van der Waals surface area contributed by atoms with Crippen molar-refractivity contribution in [2.45, 2.75) is 44.8 Å². The van der Waals surface area contributed by atoms with Gasteiger partial charge in [0.2, 0.25) is 0 Å². The molecule has 1 fully saturated rings. The Hall–Kier alpha value is -0.770. The molecule has 4 heteroatoms. The highest BCUT2D eigenvalue weighted by Gasteiger charge is 2.23. The van der Waals surface area contributed by atoms with Crippen LogP contribution >= 0.6 is 0 Å². The van der Waals surface area contributed by atoms with Crippen LogP contribution in [-0.4, -0.2) is 23.3 Å². The van der Waals surface area contributed by atoms with Crippen LogP contribution in [-0.2, 0) is 4.74 Å². The maximum absolute atomic E-state index is 8.42. The second-order valence-electron chi connectivity index (χ2n) is 3.11. The highest BCUT2D eigenvalue weighted by molar-refractivity contribution is 5.84. The lowest BCUT2D eigenvalue weighted by Crippen LogP contribution is -2.36. The molecule has 1 aliphatic carbocycles. The van der Waals surface area contributed by atoms with Crippen molar-refractivity contribution in [2.75, 3.05) is 0 Å². The molecule has 0 aromatic carbocycles. The van der Waals surface area contributed by atoms with Gasteiger partial charge >= 0.3 is 0 Å². The Morgan fingerprint density at radius 1 is 1.75 bits per heavy atom. The average Bonchev–Trinajstić information content (AvgIpc) is 2.02. The number of rotatable bonds is 4. The third kappa shape index (κ3) is 2.11. The standard InChI is InChI=1S/C8H16N2O2/c1-2-7(8(9)10-11)12-6-4-3-5-6/h6-7,11H,2-5H2,1H3,(H2,9,10). The molecule has 1 atom stereocenters. The molecule has 0 heterocycles. The molecule has 0 aliphatic heterocycles. The molecule has 1 aliphatic rings. The number of hydrogen-bond donors (Lipinski definition) is 2. The van der Waals surface area contributed by atoms with E-state index in [1.807, 2.05) is 6.92 Å². The van der Waals surface area contributed by atoms with Gasteiger partial charge in [0.05, 0.1) is 6.10 Å². The number of ether oxygens (including phenoxy) is 1. The Kier molecular flexibility index (Phi) is 3.34. The first-order valence-electron chi connectivity index (χ1n) is 4.40. The zero-order valence-electron chi connectivity index (χ0n) is 7.36. The van der Waals surface area contributed by atoms with E-state index in [0.29, 0.717) is 6.10 Å². The third-order valence-corrected chi connectivity index (χ3v) is 2.23. The molecular formula is C8H16N2O2. The van der Waals surface area contributed by atoms with Crippen molar-refractivity contribution in [1.29, 1.82) is 0 Å². The molecule has 0 amide bonds. The Balaban J connectivity index is 2.33. The number of amidine groups is 1. The lowest BCUT2D eigenvalue weighted by molar-refractivity contribution is -0.0246. The highest BCUT2D eigenvalue weighted by Crippen LogP contribution is 2.23. The van der Waals surface area contributed by atoms with Gasteiger partial charge in [-0.3, -0.25) is 0 Å². The van der Waals surface area contributed by atoms with Crippen molar-refractivity contribution in [3.63, 3.8) is 0 Å². The quantitative estimate of drug-likeness (QED) is 0.288. The number of oxime groups is 1. The summed E-state index contributed by atoms with van der Waals surface area (Å²) in [6, 6.07) is 0. The summed E-state index contributed by atoms with van der Waals surface area (Å²) < 4.78 is 5.57. The summed E-state index contributed by atoms with van der Waals surface area (Å²) in [6.45, 7) is 1.96. The number of nitrogens with zero attached hydrogens (tertiary/aromatic N) is 1. The molecule has 0 bridgehead atoms. The molecule has 1 unspecified atom stereocenters. The zero-order chi connectivity index (χ0) is 8.97. The summed E-state index contributed by atoms with van der Waals surface area (Å²) in [6.07, 6.45) is 4.32. The molecule has 4 nitrogen and oxygen atoms in total. The molecule has 70 valence electrons. The Morgan fingerprint density at radius 2 is 2.42 bits per heavy atom. The second-order valence-corrected chi connectivity index (χ2v) is 3.11. The lowest BCUT2D eigenvalue weighted by Gasteiger charge is -2.29. The van der Waals surface area contributed by atoms with Crippen LogP contribution in [0.25, 0.3) is 0 Å². The Labute approximate surface area is 72.4 Å². The maximum atomic E-state index is 8.42. The smallest absolute Gasteiger partial charge is 0.168 e. The minimum Gasteiger partial charge on any atom is -0.409 e. The summed E-state index contributed by atoms with van der Waals surface area (Å²) in [5.41, 5.74) is 5.43. The molecule has 0 saturated heterocycles. The summed E-state index contributed by atoms with van der Waals surface area (Å²) in [4.78, 5) is 0. The minimum absolute atomic E-state index is 0.185. The van der Waals surface area contributed by atoms with Crippen molar-refractivity contribution in [2.24, 2.45) is 10.9 Å². The van der Waals surface area contributed by atoms with Crippen molar-refractivity contribution in [3.8, 4) is 0 Å². The predicted molar refractivity (Wildman–Crippen MR) is 46.2 cm³/mol. The summed E-state index contributed by atoms with van der Waals surface area (Å²) in [5, 5.41) is 11.4. The first kappa shape index (κ1) is 9.32. The highest BCUT2D eigenvalue weighted by atomic mass is 16.5. The molecule has 0 radical (unpaired) electrons. The Bertz CT molecular complexity index is 166. The summed E-state index contributed by atoms with van der Waals surface area (Å²) in [5.74, 6) is 0.185. The van der Waals surface area contributed by atoms with Gasteiger partial charge in [-0.05, 0) is 25.7 Å². The van der Waals surface area contributed by atoms with E-state index < -0.39 is 0 Å². The van der Waals surface area contributed by atoms with Gasteiger partial charge in [-0.2, -0.15) is 0 Å². The molecule has 12 heavy (non-hydrogen) atoms. The molecule has 0 aromatic rings. The van der Waals surface area contributed by atoms with Gasteiger partial charge < -0.3 is 15.7 Å². The normalized spacial score (nSPS) is 21.9. The van der Waals surface area contributed by atoms with Gasteiger partial charge in [0.1, 0.15) is 6.10 Å². The fraction of sp³-hybridized carbons (Fsp3) is 0.875. The molecule has 1 saturated carbocycles. The van der Waals surface area contributed by atoms with Crippen molar-refractivity contribution >= 4 is 5.84 Å². The summed E-state index contributed by atoms with van der Waals surface area (Å²) >= 11 is 0. The van der Waals surface area contributed by atoms with Gasteiger partial charge in [-0.25, -0.2) is 0 Å². The van der Waals surface area contributed by atoms with Gasteiger partial charge in [-0.1, -0.05) is 12.1 Å². The second kappa shape index (κ2) is 4.30. The van der Waals surface area contributed by atoms with Crippen molar-refractivity contribution in [1.82, 2.24) is 0 Å². The van der Waals surface area contributed by atoms with E-state index in [1.54, 1.807) is 0 Å². The Morgan fingerprint density at radius 3 is 2.75 bits per heavy atom. The largest absolute Gasteiger partial charge is 0.409 e. The van der Waals surface area contributed by atoms with Gasteiger partial charge in [0.15, 0.2) is 5.84 Å². The van der Waals surface area contributed by atoms with Crippen LogP contribution in [0.2, 0.25) is 0 Å². The van der Waals surface area contributed by atoms with E-state index in [0.717, 1.165) is 19.3 Å². The van der Waals surface area contributed by atoms with E-state index in [2.05, 4.69) is 5.16 Å².